The lowest BCUT2D eigenvalue weighted by molar-refractivity contribution is -0.139. The summed E-state index contributed by atoms with van der Waals surface area (Å²) in [7, 11) is 1.83. The Labute approximate surface area is 128 Å². The molecule has 1 atom stereocenters. The van der Waals surface area contributed by atoms with Gasteiger partial charge in [0.15, 0.2) is 6.04 Å². The van der Waals surface area contributed by atoms with E-state index in [1.54, 1.807) is 27.0 Å². The predicted octanol–water partition coefficient (Wildman–Crippen LogP) is 2.83. The van der Waals surface area contributed by atoms with Crippen LogP contribution in [-0.2, 0) is 16.6 Å². The maximum absolute atomic E-state index is 11.9. The average Bonchev–Trinajstić information content (AvgIpc) is 2.72. The molecule has 0 spiro atoms. The van der Waals surface area contributed by atoms with Crippen LogP contribution in [0.4, 0.5) is 4.79 Å². The van der Waals surface area contributed by atoms with Gasteiger partial charge < -0.3 is 19.7 Å². The van der Waals surface area contributed by atoms with E-state index in [0.717, 1.165) is 10.9 Å². The average molecular weight is 304 g/mol. The van der Waals surface area contributed by atoms with Crippen molar-refractivity contribution < 1.29 is 19.4 Å². The zero-order valence-electron chi connectivity index (χ0n) is 13.1. The van der Waals surface area contributed by atoms with Crippen LogP contribution in [0, 0.1) is 0 Å². The number of hydrogen-bond donors (Lipinski definition) is 2. The highest BCUT2D eigenvalue weighted by Gasteiger charge is 2.27. The smallest absolute Gasteiger partial charge is 0.408 e. The number of carboxylic acids is 1. The molecule has 22 heavy (non-hydrogen) atoms. The fourth-order valence-corrected chi connectivity index (χ4v) is 2.30. The number of amides is 1. The summed E-state index contributed by atoms with van der Waals surface area (Å²) in [5, 5.41) is 12.7. The summed E-state index contributed by atoms with van der Waals surface area (Å²) >= 11 is 0. The Bertz CT molecular complexity index is 712. The van der Waals surface area contributed by atoms with E-state index in [1.807, 2.05) is 35.9 Å². The molecule has 0 aliphatic carbocycles. The lowest BCUT2D eigenvalue weighted by Gasteiger charge is -2.21. The van der Waals surface area contributed by atoms with E-state index < -0.39 is 23.7 Å². The molecule has 2 rings (SSSR count). The number of hydrogen-bond acceptors (Lipinski definition) is 3. The number of carbonyl (C=O) groups excluding carboxylic acids is 1. The topological polar surface area (TPSA) is 80.6 Å². The lowest BCUT2D eigenvalue weighted by Crippen LogP contribution is -2.38. The number of fused-ring (bicyclic) bond motifs is 1. The molecule has 0 aliphatic heterocycles. The Balaban J connectivity index is 2.35. The minimum absolute atomic E-state index is 0.524. The van der Waals surface area contributed by atoms with Gasteiger partial charge in [0.2, 0.25) is 0 Å². The van der Waals surface area contributed by atoms with Crippen LogP contribution in [0.15, 0.2) is 30.5 Å². The summed E-state index contributed by atoms with van der Waals surface area (Å²) in [6, 6.07) is 6.27. The molecule has 6 heteroatoms. The van der Waals surface area contributed by atoms with Crippen LogP contribution >= 0.6 is 0 Å². The summed E-state index contributed by atoms with van der Waals surface area (Å²) in [5.41, 5.74) is 0.734. The van der Waals surface area contributed by atoms with E-state index in [9.17, 15) is 14.7 Å². The first kappa shape index (κ1) is 15.9. The molecule has 0 saturated heterocycles. The first-order valence-electron chi connectivity index (χ1n) is 6.95. The zero-order valence-corrected chi connectivity index (χ0v) is 13.1. The van der Waals surface area contributed by atoms with Crippen molar-refractivity contribution in [2.24, 2.45) is 7.05 Å². The number of rotatable bonds is 3. The lowest BCUT2D eigenvalue weighted by atomic mass is 10.1. The number of para-hydroxylation sites is 1. The zero-order chi connectivity index (χ0) is 16.5. The molecule has 0 bridgehead atoms. The van der Waals surface area contributed by atoms with Crippen molar-refractivity contribution in [2.45, 2.75) is 32.4 Å². The highest BCUT2D eigenvalue weighted by atomic mass is 16.6. The van der Waals surface area contributed by atoms with Crippen molar-refractivity contribution in [1.29, 1.82) is 0 Å². The van der Waals surface area contributed by atoms with E-state index in [4.69, 9.17) is 4.74 Å². The quantitative estimate of drug-likeness (QED) is 0.913. The van der Waals surface area contributed by atoms with Crippen LogP contribution in [0.2, 0.25) is 0 Å². The van der Waals surface area contributed by atoms with E-state index in [-0.39, 0.29) is 0 Å². The second-order valence-corrected chi connectivity index (χ2v) is 6.13. The maximum Gasteiger partial charge on any atom is 0.408 e. The van der Waals surface area contributed by atoms with Gasteiger partial charge in [-0.1, -0.05) is 18.2 Å². The van der Waals surface area contributed by atoms with E-state index in [0.29, 0.717) is 5.56 Å². The van der Waals surface area contributed by atoms with Crippen LogP contribution in [-0.4, -0.2) is 27.3 Å². The van der Waals surface area contributed by atoms with Crippen molar-refractivity contribution in [2.75, 3.05) is 0 Å². The summed E-state index contributed by atoms with van der Waals surface area (Å²) in [6.45, 7) is 5.17. The number of aromatic nitrogens is 1. The van der Waals surface area contributed by atoms with E-state index in [2.05, 4.69) is 5.32 Å². The van der Waals surface area contributed by atoms with Gasteiger partial charge in [-0.2, -0.15) is 0 Å². The summed E-state index contributed by atoms with van der Waals surface area (Å²) in [6.07, 6.45) is 0.953. The minimum atomic E-state index is -1.17. The van der Waals surface area contributed by atoms with Crippen LogP contribution in [0.25, 0.3) is 10.9 Å². The first-order valence-corrected chi connectivity index (χ1v) is 6.95. The van der Waals surface area contributed by atoms with Gasteiger partial charge in [-0.05, 0) is 26.8 Å². The number of nitrogens with one attached hydrogen (secondary N) is 1. The summed E-state index contributed by atoms with van der Waals surface area (Å²) < 4.78 is 6.97. The number of benzene rings is 1. The molecule has 0 radical (unpaired) electrons. The number of aryl methyl sites for hydroxylation is 1. The highest BCUT2D eigenvalue weighted by molar-refractivity contribution is 5.91. The molecular formula is C16H20N2O4. The Hall–Kier alpha value is -2.50. The minimum Gasteiger partial charge on any atom is -0.479 e. The van der Waals surface area contributed by atoms with Crippen molar-refractivity contribution in [3.05, 3.63) is 36.0 Å². The van der Waals surface area contributed by atoms with E-state index in [1.165, 1.54) is 0 Å². The second kappa shape index (κ2) is 5.71. The third-order valence-corrected chi connectivity index (χ3v) is 3.15. The van der Waals surface area contributed by atoms with Crippen LogP contribution in [0.3, 0.4) is 0 Å². The van der Waals surface area contributed by atoms with Gasteiger partial charge in [-0.15, -0.1) is 0 Å². The van der Waals surface area contributed by atoms with Gasteiger partial charge in [0, 0.05) is 29.7 Å². The van der Waals surface area contributed by atoms with E-state index >= 15 is 0 Å². The van der Waals surface area contributed by atoms with Gasteiger partial charge in [0.25, 0.3) is 0 Å². The van der Waals surface area contributed by atoms with Gasteiger partial charge in [-0.3, -0.25) is 0 Å². The second-order valence-electron chi connectivity index (χ2n) is 6.13. The third-order valence-electron chi connectivity index (χ3n) is 3.15. The molecule has 2 aromatic rings. The molecule has 1 aromatic carbocycles. The molecule has 0 aliphatic rings. The normalized spacial score (nSPS) is 12.9. The molecule has 0 fully saturated rings. The fourth-order valence-electron chi connectivity index (χ4n) is 2.30. The molecule has 6 nitrogen and oxygen atoms in total. The number of carbonyl (C=O) groups is 2. The fraction of sp³-hybridized carbons (Fsp3) is 0.375. The monoisotopic (exact) mass is 304 g/mol. The Kier molecular flexibility index (Phi) is 4.12. The SMILES string of the molecule is Cn1cc(C(NC(=O)OC(C)(C)C)C(=O)O)c2ccccc21. The van der Waals surface area contributed by atoms with Gasteiger partial charge in [0.1, 0.15) is 5.60 Å². The van der Waals surface area contributed by atoms with Crippen molar-refractivity contribution in [1.82, 2.24) is 9.88 Å². The Morgan fingerprint density at radius 1 is 1.27 bits per heavy atom. The number of aliphatic carboxylic acids is 1. The Morgan fingerprint density at radius 2 is 1.91 bits per heavy atom. The largest absolute Gasteiger partial charge is 0.479 e. The Morgan fingerprint density at radius 3 is 2.50 bits per heavy atom. The van der Waals surface area contributed by atoms with Crippen molar-refractivity contribution >= 4 is 23.0 Å². The number of alkyl carbamates (subject to hydrolysis) is 1. The summed E-state index contributed by atoms with van der Waals surface area (Å²) in [4.78, 5) is 23.5. The van der Waals surface area contributed by atoms with Gasteiger partial charge in [0.05, 0.1) is 0 Å². The van der Waals surface area contributed by atoms with Crippen LogP contribution in [0.1, 0.15) is 32.4 Å². The number of ether oxygens (including phenoxy) is 1. The standard InChI is InChI=1S/C16H20N2O4/c1-16(2,3)22-15(21)17-13(14(19)20)11-9-18(4)12-8-6-5-7-10(11)12/h5-9,13H,1-4H3,(H,17,21)(H,19,20). The molecule has 0 saturated carbocycles. The molecule has 1 amide bonds. The molecule has 1 heterocycles. The highest BCUT2D eigenvalue weighted by Crippen LogP contribution is 2.26. The molecule has 1 unspecified atom stereocenters. The summed E-state index contributed by atoms with van der Waals surface area (Å²) in [5.74, 6) is -1.14. The van der Waals surface area contributed by atoms with Gasteiger partial charge >= 0.3 is 12.1 Å². The van der Waals surface area contributed by atoms with Gasteiger partial charge in [-0.25, -0.2) is 9.59 Å². The van der Waals surface area contributed by atoms with Crippen molar-refractivity contribution in [3.63, 3.8) is 0 Å². The maximum atomic E-state index is 11.9. The van der Waals surface area contributed by atoms with Crippen LogP contribution in [0.5, 0.6) is 0 Å². The number of nitrogens with zero attached hydrogens (tertiary/aromatic N) is 1. The van der Waals surface area contributed by atoms with Crippen molar-refractivity contribution in [3.8, 4) is 0 Å². The molecule has 2 N–H and O–H groups in total. The van der Waals surface area contributed by atoms with Crippen LogP contribution < -0.4 is 5.32 Å². The first-order chi connectivity index (χ1) is 10.2. The third kappa shape index (κ3) is 3.39. The number of carboxylic acid groups (broad SMARTS) is 1. The molecular weight excluding hydrogens is 284 g/mol. The predicted molar refractivity (Wildman–Crippen MR) is 82.7 cm³/mol. The molecule has 118 valence electrons. The molecule has 1 aromatic heterocycles.